The normalized spacial score (nSPS) is 10.4. The Morgan fingerprint density at radius 1 is 1.31 bits per heavy atom. The number of carbonyl (C=O) groups excluding carboxylic acids is 2. The van der Waals surface area contributed by atoms with Crippen LogP contribution in [-0.4, -0.2) is 12.0 Å². The van der Waals surface area contributed by atoms with Gasteiger partial charge in [-0.05, 0) is 31.5 Å². The van der Waals surface area contributed by atoms with Crippen molar-refractivity contribution in [3.05, 3.63) is 29.8 Å². The third-order valence-corrected chi connectivity index (χ3v) is 2.24. The average Bonchev–Trinajstić information content (AvgIpc) is 2.17. The Morgan fingerprint density at radius 3 is 2.31 bits per heavy atom. The van der Waals surface area contributed by atoms with Gasteiger partial charge in [-0.3, -0.25) is 4.79 Å². The lowest BCUT2D eigenvalue weighted by Gasteiger charge is -2.18. The van der Waals surface area contributed by atoms with Crippen LogP contribution in [0.25, 0.3) is 0 Å². The first-order valence-electron chi connectivity index (χ1n) is 4.93. The largest absolute Gasteiger partial charge is 0.326 e. The molecule has 0 spiro atoms. The van der Waals surface area contributed by atoms with Crippen molar-refractivity contribution >= 4 is 17.7 Å². The maximum atomic E-state index is 10.8. The summed E-state index contributed by atoms with van der Waals surface area (Å²) in [5.41, 5.74) is 1.03. The van der Waals surface area contributed by atoms with E-state index >= 15 is 0 Å². The van der Waals surface area contributed by atoms with Crippen LogP contribution in [0.4, 0.5) is 5.69 Å². The summed E-state index contributed by atoms with van der Waals surface area (Å²) in [6.45, 7) is 5.10. The van der Waals surface area contributed by atoms with Crippen molar-refractivity contribution in [3.8, 4) is 0 Å². The lowest BCUT2D eigenvalue weighted by molar-refractivity contribution is -0.114. The van der Waals surface area contributed by atoms with Crippen LogP contribution in [0.15, 0.2) is 29.3 Å². The number of carbonyl (C=O) groups is 1. The third-order valence-electron chi connectivity index (χ3n) is 2.24. The van der Waals surface area contributed by atoms with Crippen LogP contribution in [0.1, 0.15) is 26.3 Å². The molecule has 0 radical (unpaired) electrons. The van der Waals surface area contributed by atoms with Gasteiger partial charge >= 0.3 is 0 Å². The molecule has 1 aromatic carbocycles. The molecule has 0 bridgehead atoms. The molecule has 1 rings (SSSR count). The maximum absolute atomic E-state index is 10.8. The zero-order valence-corrected chi connectivity index (χ0v) is 9.57. The number of amides is 1. The van der Waals surface area contributed by atoms with Crippen molar-refractivity contribution in [2.24, 2.45) is 4.99 Å². The molecule has 0 saturated heterocycles. The summed E-state index contributed by atoms with van der Waals surface area (Å²) in [7, 11) is 0. The predicted molar refractivity (Wildman–Crippen MR) is 61.9 cm³/mol. The average molecular weight is 218 g/mol. The third kappa shape index (κ3) is 3.04. The quantitative estimate of drug-likeness (QED) is 0.624. The molecule has 1 aromatic rings. The summed E-state index contributed by atoms with van der Waals surface area (Å²) in [6, 6.07) is 7.20. The number of isocyanates is 1. The molecule has 4 heteroatoms. The number of nitrogens with one attached hydrogen (secondary N) is 1. The molecule has 0 aliphatic heterocycles. The maximum Gasteiger partial charge on any atom is 0.235 e. The van der Waals surface area contributed by atoms with Crippen LogP contribution in [-0.2, 0) is 15.1 Å². The van der Waals surface area contributed by atoms with Gasteiger partial charge < -0.3 is 5.32 Å². The number of nitrogens with zero attached hydrogens (tertiary/aromatic N) is 1. The Labute approximate surface area is 94.4 Å². The number of anilines is 1. The minimum atomic E-state index is -0.587. The molecule has 84 valence electrons. The molecule has 0 fully saturated rings. The summed E-state index contributed by atoms with van der Waals surface area (Å²) < 4.78 is 0. The molecule has 0 atom stereocenters. The summed E-state index contributed by atoms with van der Waals surface area (Å²) >= 11 is 0. The topological polar surface area (TPSA) is 58.5 Å². The smallest absolute Gasteiger partial charge is 0.235 e. The van der Waals surface area contributed by atoms with Gasteiger partial charge in [-0.2, -0.15) is 4.99 Å². The van der Waals surface area contributed by atoms with Gasteiger partial charge in [-0.15, -0.1) is 0 Å². The standard InChI is InChI=1S/C12H14N2O2/c1-9(16)14-11-6-4-10(5-7-11)12(2,3)13-8-15/h4-7H,1-3H3,(H,14,16). The van der Waals surface area contributed by atoms with Crippen LogP contribution >= 0.6 is 0 Å². The van der Waals surface area contributed by atoms with Gasteiger partial charge in [0.05, 0.1) is 5.54 Å². The molecule has 4 nitrogen and oxygen atoms in total. The van der Waals surface area contributed by atoms with E-state index in [1.807, 2.05) is 26.0 Å². The number of rotatable bonds is 3. The molecule has 1 amide bonds. The van der Waals surface area contributed by atoms with Crippen LogP contribution in [0.5, 0.6) is 0 Å². The van der Waals surface area contributed by atoms with Crippen LogP contribution < -0.4 is 5.32 Å². The van der Waals surface area contributed by atoms with Crippen LogP contribution in [0, 0.1) is 0 Å². The molecule has 0 unspecified atom stereocenters. The second kappa shape index (κ2) is 4.73. The van der Waals surface area contributed by atoms with E-state index in [1.165, 1.54) is 6.92 Å². The van der Waals surface area contributed by atoms with Crippen LogP contribution in [0.3, 0.4) is 0 Å². The lowest BCUT2D eigenvalue weighted by atomic mass is 9.95. The van der Waals surface area contributed by atoms with Crippen molar-refractivity contribution in [3.63, 3.8) is 0 Å². The van der Waals surface area contributed by atoms with Crippen molar-refractivity contribution in [2.75, 3.05) is 5.32 Å². The van der Waals surface area contributed by atoms with Gasteiger partial charge in [0.25, 0.3) is 0 Å². The molecule has 16 heavy (non-hydrogen) atoms. The Morgan fingerprint density at radius 2 is 1.88 bits per heavy atom. The van der Waals surface area contributed by atoms with Gasteiger partial charge in [0, 0.05) is 12.6 Å². The number of hydrogen-bond donors (Lipinski definition) is 1. The first kappa shape index (κ1) is 12.1. The SMILES string of the molecule is CC(=O)Nc1ccc(C(C)(C)N=C=O)cc1. The summed E-state index contributed by atoms with van der Waals surface area (Å²) in [6.07, 6.45) is 1.56. The van der Waals surface area contributed by atoms with Gasteiger partial charge in [0.15, 0.2) is 0 Å². The van der Waals surface area contributed by atoms with E-state index in [9.17, 15) is 9.59 Å². The van der Waals surface area contributed by atoms with Gasteiger partial charge in [0.2, 0.25) is 12.0 Å². The molecular weight excluding hydrogens is 204 g/mol. The minimum absolute atomic E-state index is 0.113. The fourth-order valence-electron chi connectivity index (χ4n) is 1.34. The van der Waals surface area contributed by atoms with E-state index in [-0.39, 0.29) is 5.91 Å². The molecule has 0 aliphatic carbocycles. The van der Waals surface area contributed by atoms with Gasteiger partial charge in [-0.1, -0.05) is 12.1 Å². The van der Waals surface area contributed by atoms with Crippen molar-refractivity contribution in [2.45, 2.75) is 26.3 Å². The Hall–Kier alpha value is -1.93. The lowest BCUT2D eigenvalue weighted by Crippen LogP contribution is -2.13. The Kier molecular flexibility index (Phi) is 3.59. The second-order valence-corrected chi connectivity index (χ2v) is 4.02. The zero-order chi connectivity index (χ0) is 12.2. The summed E-state index contributed by atoms with van der Waals surface area (Å²) in [4.78, 5) is 24.8. The van der Waals surface area contributed by atoms with E-state index in [1.54, 1.807) is 18.2 Å². The van der Waals surface area contributed by atoms with Crippen molar-refractivity contribution in [1.82, 2.24) is 0 Å². The molecule has 0 aliphatic rings. The van der Waals surface area contributed by atoms with E-state index < -0.39 is 5.54 Å². The highest BCUT2D eigenvalue weighted by Gasteiger charge is 2.18. The van der Waals surface area contributed by atoms with E-state index in [2.05, 4.69) is 10.3 Å². The second-order valence-electron chi connectivity index (χ2n) is 4.02. The Bertz CT molecular complexity index is 429. The first-order valence-corrected chi connectivity index (χ1v) is 4.93. The molecule has 1 N–H and O–H groups in total. The van der Waals surface area contributed by atoms with Gasteiger partial charge in [0.1, 0.15) is 0 Å². The van der Waals surface area contributed by atoms with Crippen LogP contribution in [0.2, 0.25) is 0 Å². The van der Waals surface area contributed by atoms with E-state index in [4.69, 9.17) is 0 Å². The van der Waals surface area contributed by atoms with Crippen molar-refractivity contribution in [1.29, 1.82) is 0 Å². The number of benzene rings is 1. The monoisotopic (exact) mass is 218 g/mol. The number of hydrogen-bond acceptors (Lipinski definition) is 3. The highest BCUT2D eigenvalue weighted by atomic mass is 16.1. The first-order chi connectivity index (χ1) is 7.45. The van der Waals surface area contributed by atoms with E-state index in [0.717, 1.165) is 11.3 Å². The molecular formula is C12H14N2O2. The number of aliphatic imine (C=N–C) groups is 1. The molecule has 0 heterocycles. The Balaban J connectivity index is 2.94. The fraction of sp³-hybridized carbons (Fsp3) is 0.333. The highest BCUT2D eigenvalue weighted by Crippen LogP contribution is 2.25. The minimum Gasteiger partial charge on any atom is -0.326 e. The van der Waals surface area contributed by atoms with Gasteiger partial charge in [-0.25, -0.2) is 4.79 Å². The fourth-order valence-corrected chi connectivity index (χ4v) is 1.34. The summed E-state index contributed by atoms with van der Waals surface area (Å²) in [5.74, 6) is -0.113. The van der Waals surface area contributed by atoms with Crippen molar-refractivity contribution < 1.29 is 9.59 Å². The highest BCUT2D eigenvalue weighted by molar-refractivity contribution is 5.88. The summed E-state index contributed by atoms with van der Waals surface area (Å²) in [5, 5.41) is 2.67. The zero-order valence-electron chi connectivity index (χ0n) is 9.57. The molecule has 0 aromatic heterocycles. The molecule has 0 saturated carbocycles. The predicted octanol–water partition coefficient (Wildman–Crippen LogP) is 2.22. The van der Waals surface area contributed by atoms with E-state index in [0.29, 0.717) is 0 Å².